The normalized spacial score (nSPS) is 12.1. The van der Waals surface area contributed by atoms with Gasteiger partial charge in [0.2, 0.25) is 0 Å². The van der Waals surface area contributed by atoms with E-state index >= 15 is 0 Å². The molecule has 5 nitrogen and oxygen atoms in total. The van der Waals surface area contributed by atoms with E-state index in [2.05, 4.69) is 4.98 Å². The van der Waals surface area contributed by atoms with Gasteiger partial charge in [0.15, 0.2) is 15.7 Å². The lowest BCUT2D eigenvalue weighted by Gasteiger charge is -2.01. The number of hydrogen-bond donors (Lipinski definition) is 1. The number of fused-ring (bicyclic) bond motifs is 1. The molecule has 0 aliphatic rings. The van der Waals surface area contributed by atoms with Gasteiger partial charge in [0.25, 0.3) is 0 Å². The SMILES string of the molecule is Cc1csc(-c2nc3c(S(C)(=O)=O)cccc3n2C)c1N. The summed E-state index contributed by atoms with van der Waals surface area (Å²) in [4.78, 5) is 5.65. The molecule has 0 fully saturated rings. The van der Waals surface area contributed by atoms with Crippen molar-refractivity contribution in [3.8, 4) is 10.7 Å². The predicted octanol–water partition coefficient (Wildman–Crippen LogP) is 2.60. The highest BCUT2D eigenvalue weighted by molar-refractivity contribution is 7.91. The van der Waals surface area contributed by atoms with Gasteiger partial charge < -0.3 is 10.3 Å². The highest BCUT2D eigenvalue weighted by Crippen LogP contribution is 2.36. The molecule has 21 heavy (non-hydrogen) atoms. The molecule has 1 aromatic carbocycles. The van der Waals surface area contributed by atoms with Crippen LogP contribution >= 0.6 is 11.3 Å². The highest BCUT2D eigenvalue weighted by Gasteiger charge is 2.20. The number of nitrogen functional groups attached to an aromatic ring is 1. The molecule has 110 valence electrons. The van der Waals surface area contributed by atoms with Crippen LogP contribution < -0.4 is 5.73 Å². The molecule has 0 saturated carbocycles. The third-order valence-corrected chi connectivity index (χ3v) is 5.74. The number of benzene rings is 1. The first-order valence-corrected chi connectivity index (χ1v) is 9.07. The van der Waals surface area contributed by atoms with Crippen LogP contribution in [0.4, 0.5) is 5.69 Å². The summed E-state index contributed by atoms with van der Waals surface area (Å²) in [6, 6.07) is 5.17. The molecule has 0 amide bonds. The number of anilines is 1. The molecule has 0 saturated heterocycles. The number of aryl methyl sites for hydroxylation is 2. The predicted molar refractivity (Wildman–Crippen MR) is 86.3 cm³/mol. The first-order chi connectivity index (χ1) is 9.80. The van der Waals surface area contributed by atoms with Crippen molar-refractivity contribution in [1.29, 1.82) is 0 Å². The minimum Gasteiger partial charge on any atom is -0.397 e. The fourth-order valence-corrected chi connectivity index (χ4v) is 4.14. The Morgan fingerprint density at radius 1 is 1.33 bits per heavy atom. The zero-order valence-electron chi connectivity index (χ0n) is 11.9. The summed E-state index contributed by atoms with van der Waals surface area (Å²) in [6.45, 7) is 1.94. The lowest BCUT2D eigenvalue weighted by Crippen LogP contribution is -1.98. The summed E-state index contributed by atoms with van der Waals surface area (Å²) >= 11 is 1.51. The molecule has 2 aromatic heterocycles. The third kappa shape index (κ3) is 2.13. The number of imidazole rings is 1. The second-order valence-electron chi connectivity index (χ2n) is 5.05. The molecule has 0 unspecified atom stereocenters. The second kappa shape index (κ2) is 4.57. The van der Waals surface area contributed by atoms with E-state index in [4.69, 9.17) is 5.73 Å². The molecule has 3 aromatic rings. The Morgan fingerprint density at radius 2 is 2.05 bits per heavy atom. The number of nitrogens with two attached hydrogens (primary N) is 1. The summed E-state index contributed by atoms with van der Waals surface area (Å²) in [6.07, 6.45) is 1.19. The molecule has 0 aliphatic carbocycles. The van der Waals surface area contributed by atoms with Crippen LogP contribution in [0.15, 0.2) is 28.5 Å². The van der Waals surface area contributed by atoms with Crippen molar-refractivity contribution in [2.75, 3.05) is 12.0 Å². The van der Waals surface area contributed by atoms with E-state index < -0.39 is 9.84 Å². The van der Waals surface area contributed by atoms with Crippen LogP contribution in [0.1, 0.15) is 5.56 Å². The number of rotatable bonds is 2. The number of sulfone groups is 1. The van der Waals surface area contributed by atoms with Crippen molar-refractivity contribution >= 4 is 37.9 Å². The average molecular weight is 321 g/mol. The molecule has 0 radical (unpaired) electrons. The van der Waals surface area contributed by atoms with Crippen LogP contribution in [-0.4, -0.2) is 24.2 Å². The Kier molecular flexibility index (Phi) is 3.07. The van der Waals surface area contributed by atoms with Gasteiger partial charge in [-0.05, 0) is 30.0 Å². The van der Waals surface area contributed by atoms with Crippen molar-refractivity contribution in [2.24, 2.45) is 7.05 Å². The molecule has 2 heterocycles. The monoisotopic (exact) mass is 321 g/mol. The van der Waals surface area contributed by atoms with Gasteiger partial charge in [0.1, 0.15) is 5.52 Å². The largest absolute Gasteiger partial charge is 0.397 e. The van der Waals surface area contributed by atoms with Gasteiger partial charge in [-0.1, -0.05) is 6.07 Å². The molecule has 0 atom stereocenters. The summed E-state index contributed by atoms with van der Waals surface area (Å²) in [7, 11) is -1.46. The van der Waals surface area contributed by atoms with E-state index in [1.165, 1.54) is 17.6 Å². The maximum Gasteiger partial charge on any atom is 0.177 e. The smallest absolute Gasteiger partial charge is 0.177 e. The topological polar surface area (TPSA) is 78.0 Å². The van der Waals surface area contributed by atoms with E-state index in [1.807, 2.05) is 30.0 Å². The third-order valence-electron chi connectivity index (χ3n) is 3.50. The average Bonchev–Trinajstić information content (AvgIpc) is 2.91. The number of hydrogen-bond acceptors (Lipinski definition) is 5. The summed E-state index contributed by atoms with van der Waals surface area (Å²) in [5.41, 5.74) is 9.05. The molecule has 0 spiro atoms. The quantitative estimate of drug-likeness (QED) is 0.787. The molecular formula is C14H15N3O2S2. The molecule has 0 aliphatic heterocycles. The zero-order valence-corrected chi connectivity index (χ0v) is 13.5. The second-order valence-corrected chi connectivity index (χ2v) is 7.92. The van der Waals surface area contributed by atoms with Crippen LogP contribution in [0, 0.1) is 6.92 Å². The Balaban J connectivity index is 2.38. The first-order valence-electron chi connectivity index (χ1n) is 6.30. The van der Waals surface area contributed by atoms with Gasteiger partial charge in [0, 0.05) is 13.3 Å². The van der Waals surface area contributed by atoms with E-state index in [9.17, 15) is 8.42 Å². The number of nitrogens with zero attached hydrogens (tertiary/aromatic N) is 2. The number of aromatic nitrogens is 2. The Hall–Kier alpha value is -1.86. The van der Waals surface area contributed by atoms with E-state index in [0.29, 0.717) is 17.0 Å². The van der Waals surface area contributed by atoms with Crippen molar-refractivity contribution in [3.05, 3.63) is 29.1 Å². The summed E-state index contributed by atoms with van der Waals surface area (Å²) in [5.74, 6) is 0.691. The number of thiophene rings is 1. The molecule has 7 heteroatoms. The molecule has 3 rings (SSSR count). The van der Waals surface area contributed by atoms with E-state index in [0.717, 1.165) is 16.0 Å². The fraction of sp³-hybridized carbons (Fsp3) is 0.214. The maximum absolute atomic E-state index is 11.9. The fourth-order valence-electron chi connectivity index (χ4n) is 2.32. The molecular weight excluding hydrogens is 306 g/mol. The minimum atomic E-state index is -3.32. The Morgan fingerprint density at radius 3 is 2.62 bits per heavy atom. The van der Waals surface area contributed by atoms with Gasteiger partial charge in [-0.25, -0.2) is 13.4 Å². The standard InChI is InChI=1S/C14H15N3O2S2/c1-8-7-20-13(11(8)15)14-16-12-9(17(14)2)5-4-6-10(12)21(3,18)19/h4-7H,15H2,1-3H3. The zero-order chi connectivity index (χ0) is 15.4. The van der Waals surface area contributed by atoms with Crippen LogP contribution in [0.5, 0.6) is 0 Å². The van der Waals surface area contributed by atoms with Crippen molar-refractivity contribution in [2.45, 2.75) is 11.8 Å². The van der Waals surface area contributed by atoms with Crippen molar-refractivity contribution in [1.82, 2.24) is 9.55 Å². The van der Waals surface area contributed by atoms with E-state index in [1.54, 1.807) is 12.1 Å². The number of para-hydroxylation sites is 1. The van der Waals surface area contributed by atoms with Gasteiger partial charge in [-0.15, -0.1) is 11.3 Å². The van der Waals surface area contributed by atoms with Crippen molar-refractivity contribution in [3.63, 3.8) is 0 Å². The Labute approximate surface area is 127 Å². The van der Waals surface area contributed by atoms with Crippen LogP contribution in [0.3, 0.4) is 0 Å². The van der Waals surface area contributed by atoms with Gasteiger partial charge in [-0.3, -0.25) is 0 Å². The molecule has 0 bridgehead atoms. The Bertz CT molecular complexity index is 952. The summed E-state index contributed by atoms with van der Waals surface area (Å²) < 4.78 is 25.7. The van der Waals surface area contributed by atoms with Crippen LogP contribution in [0.25, 0.3) is 21.7 Å². The van der Waals surface area contributed by atoms with Crippen LogP contribution in [0.2, 0.25) is 0 Å². The summed E-state index contributed by atoms with van der Waals surface area (Å²) in [5, 5.41) is 1.97. The lowest BCUT2D eigenvalue weighted by atomic mass is 10.3. The van der Waals surface area contributed by atoms with Crippen molar-refractivity contribution < 1.29 is 8.42 Å². The van der Waals surface area contributed by atoms with Gasteiger partial charge in [-0.2, -0.15) is 0 Å². The maximum atomic E-state index is 11.9. The lowest BCUT2D eigenvalue weighted by molar-refractivity contribution is 0.602. The van der Waals surface area contributed by atoms with Gasteiger partial charge in [0.05, 0.1) is 21.0 Å². The first kappa shape index (κ1) is 14.1. The van der Waals surface area contributed by atoms with E-state index in [-0.39, 0.29) is 4.90 Å². The van der Waals surface area contributed by atoms with Crippen LogP contribution in [-0.2, 0) is 16.9 Å². The highest BCUT2D eigenvalue weighted by atomic mass is 32.2. The van der Waals surface area contributed by atoms with Gasteiger partial charge >= 0.3 is 0 Å². The molecule has 2 N–H and O–H groups in total. The minimum absolute atomic E-state index is 0.244.